The van der Waals surface area contributed by atoms with Crippen LogP contribution in [0.25, 0.3) is 0 Å². The topological polar surface area (TPSA) is 12.0 Å². The average molecular weight is 157 g/mol. The fraction of sp³-hybridized carbons (Fsp3) is 1.00. The number of hydrogen-bond donors (Lipinski definition) is 1. The van der Waals surface area contributed by atoms with Crippen molar-refractivity contribution in [2.75, 3.05) is 18.1 Å². The summed E-state index contributed by atoms with van der Waals surface area (Å²) in [6, 6.07) is 0.862. The molecule has 58 valence electrons. The van der Waals surface area contributed by atoms with Crippen molar-refractivity contribution in [2.45, 2.75) is 19.4 Å². The molecular weight excluding hydrogens is 142 g/mol. The Labute approximate surface area is 67.0 Å². The van der Waals surface area contributed by atoms with E-state index in [1.807, 2.05) is 0 Å². The lowest BCUT2D eigenvalue weighted by molar-refractivity contribution is 0.372. The zero-order valence-corrected chi connectivity index (χ0v) is 7.29. The number of nitrogens with one attached hydrogen (secondary N) is 1. The van der Waals surface area contributed by atoms with Gasteiger partial charge in [0.25, 0.3) is 0 Å². The highest BCUT2D eigenvalue weighted by molar-refractivity contribution is 7.99. The molecule has 2 fully saturated rings. The summed E-state index contributed by atoms with van der Waals surface area (Å²) in [7, 11) is 0. The Bertz CT molecular complexity index is 126. The van der Waals surface area contributed by atoms with E-state index in [-0.39, 0.29) is 0 Å². The monoisotopic (exact) mass is 157 g/mol. The third-order valence-electron chi connectivity index (χ3n) is 2.73. The highest BCUT2D eigenvalue weighted by Gasteiger charge is 2.33. The molecule has 10 heavy (non-hydrogen) atoms. The third-order valence-corrected chi connectivity index (χ3v) is 4.15. The molecule has 2 aliphatic rings. The molecule has 0 aromatic heterocycles. The van der Waals surface area contributed by atoms with Crippen molar-refractivity contribution in [3.8, 4) is 0 Å². The molecule has 0 aliphatic carbocycles. The van der Waals surface area contributed by atoms with Crippen LogP contribution in [0.2, 0.25) is 0 Å². The van der Waals surface area contributed by atoms with Gasteiger partial charge < -0.3 is 5.32 Å². The zero-order valence-electron chi connectivity index (χ0n) is 6.47. The van der Waals surface area contributed by atoms with Crippen LogP contribution in [0.3, 0.4) is 0 Å². The molecule has 1 nitrogen and oxygen atoms in total. The van der Waals surface area contributed by atoms with Crippen LogP contribution in [0.1, 0.15) is 13.3 Å². The van der Waals surface area contributed by atoms with Gasteiger partial charge in [-0.05, 0) is 36.3 Å². The van der Waals surface area contributed by atoms with Crippen molar-refractivity contribution < 1.29 is 0 Å². The van der Waals surface area contributed by atoms with Gasteiger partial charge in [0.1, 0.15) is 0 Å². The van der Waals surface area contributed by atoms with Crippen LogP contribution >= 0.6 is 11.8 Å². The first-order valence-corrected chi connectivity index (χ1v) is 5.34. The maximum atomic E-state index is 3.59. The van der Waals surface area contributed by atoms with Crippen molar-refractivity contribution in [2.24, 2.45) is 11.8 Å². The number of fused-ring (bicyclic) bond motifs is 1. The summed E-state index contributed by atoms with van der Waals surface area (Å²) in [5, 5.41) is 3.59. The standard InChI is InChI=1S/C8H15NS/c1-6-4-10-5-7-2-3-9-8(6)7/h6-9H,2-5H2,1H3. The van der Waals surface area contributed by atoms with Crippen LogP contribution in [0, 0.1) is 11.8 Å². The Balaban J connectivity index is 2.03. The van der Waals surface area contributed by atoms with E-state index in [0.717, 1.165) is 17.9 Å². The molecule has 0 spiro atoms. The number of rotatable bonds is 0. The second-order valence-corrected chi connectivity index (χ2v) is 4.62. The van der Waals surface area contributed by atoms with Gasteiger partial charge in [-0.3, -0.25) is 0 Å². The van der Waals surface area contributed by atoms with Crippen molar-refractivity contribution in [3.63, 3.8) is 0 Å². The van der Waals surface area contributed by atoms with Crippen molar-refractivity contribution >= 4 is 11.8 Å². The van der Waals surface area contributed by atoms with Crippen molar-refractivity contribution in [3.05, 3.63) is 0 Å². The summed E-state index contributed by atoms with van der Waals surface area (Å²) in [4.78, 5) is 0. The summed E-state index contributed by atoms with van der Waals surface area (Å²) in [5.41, 5.74) is 0. The second-order valence-electron chi connectivity index (χ2n) is 3.54. The molecule has 0 bridgehead atoms. The average Bonchev–Trinajstić information content (AvgIpc) is 2.36. The molecule has 0 aromatic rings. The Kier molecular flexibility index (Phi) is 1.92. The van der Waals surface area contributed by atoms with Crippen LogP contribution < -0.4 is 5.32 Å². The van der Waals surface area contributed by atoms with E-state index in [9.17, 15) is 0 Å². The smallest absolute Gasteiger partial charge is 0.0137 e. The van der Waals surface area contributed by atoms with E-state index in [1.165, 1.54) is 24.5 Å². The number of thioether (sulfide) groups is 1. The van der Waals surface area contributed by atoms with Gasteiger partial charge >= 0.3 is 0 Å². The van der Waals surface area contributed by atoms with Crippen LogP contribution in [0.4, 0.5) is 0 Å². The molecular formula is C8H15NS. The van der Waals surface area contributed by atoms with Gasteiger partial charge in [0, 0.05) is 6.04 Å². The minimum atomic E-state index is 0.862. The SMILES string of the molecule is CC1CSCC2CCNC12. The summed E-state index contributed by atoms with van der Waals surface area (Å²) in [6.45, 7) is 3.64. The van der Waals surface area contributed by atoms with E-state index >= 15 is 0 Å². The minimum absolute atomic E-state index is 0.862. The zero-order chi connectivity index (χ0) is 6.97. The van der Waals surface area contributed by atoms with Gasteiger partial charge in [0.05, 0.1) is 0 Å². The summed E-state index contributed by atoms with van der Waals surface area (Å²) in [5.74, 6) is 4.68. The molecule has 0 aromatic carbocycles. The largest absolute Gasteiger partial charge is 0.313 e. The third kappa shape index (κ3) is 1.08. The fourth-order valence-electron chi connectivity index (χ4n) is 2.14. The lowest BCUT2D eigenvalue weighted by atomic mass is 9.93. The van der Waals surface area contributed by atoms with E-state index in [4.69, 9.17) is 0 Å². The molecule has 0 saturated carbocycles. The molecule has 0 amide bonds. The maximum Gasteiger partial charge on any atom is 0.0137 e. The second kappa shape index (κ2) is 2.74. The Morgan fingerprint density at radius 3 is 3.10 bits per heavy atom. The van der Waals surface area contributed by atoms with Gasteiger partial charge in [-0.15, -0.1) is 0 Å². The molecule has 2 aliphatic heterocycles. The molecule has 2 rings (SSSR count). The van der Waals surface area contributed by atoms with E-state index in [0.29, 0.717) is 0 Å². The first-order chi connectivity index (χ1) is 4.88. The molecule has 0 radical (unpaired) electrons. The quantitative estimate of drug-likeness (QED) is 0.569. The van der Waals surface area contributed by atoms with Gasteiger partial charge in [-0.1, -0.05) is 6.92 Å². The molecule has 3 unspecified atom stereocenters. The predicted octanol–water partition coefficient (Wildman–Crippen LogP) is 1.35. The van der Waals surface area contributed by atoms with E-state index in [2.05, 4.69) is 24.0 Å². The first kappa shape index (κ1) is 6.99. The minimum Gasteiger partial charge on any atom is -0.313 e. The summed E-state index contributed by atoms with van der Waals surface area (Å²) >= 11 is 2.14. The Morgan fingerprint density at radius 1 is 1.40 bits per heavy atom. The highest BCUT2D eigenvalue weighted by atomic mass is 32.2. The van der Waals surface area contributed by atoms with E-state index in [1.54, 1.807) is 0 Å². The van der Waals surface area contributed by atoms with Gasteiger partial charge in [0.2, 0.25) is 0 Å². The van der Waals surface area contributed by atoms with Crippen LogP contribution in [-0.2, 0) is 0 Å². The van der Waals surface area contributed by atoms with Gasteiger partial charge in [0.15, 0.2) is 0 Å². The fourth-order valence-corrected chi connectivity index (χ4v) is 3.54. The van der Waals surface area contributed by atoms with Crippen LogP contribution in [0.15, 0.2) is 0 Å². The Morgan fingerprint density at radius 2 is 2.30 bits per heavy atom. The molecule has 2 heterocycles. The lowest BCUT2D eigenvalue weighted by Crippen LogP contribution is -2.38. The van der Waals surface area contributed by atoms with Crippen LogP contribution in [0.5, 0.6) is 0 Å². The maximum absolute atomic E-state index is 3.59. The predicted molar refractivity (Wildman–Crippen MR) is 46.4 cm³/mol. The first-order valence-electron chi connectivity index (χ1n) is 4.19. The molecule has 2 saturated heterocycles. The Hall–Kier alpha value is 0.310. The molecule has 3 atom stereocenters. The molecule has 2 heteroatoms. The number of hydrogen-bond acceptors (Lipinski definition) is 2. The van der Waals surface area contributed by atoms with Gasteiger partial charge in [-0.25, -0.2) is 0 Å². The van der Waals surface area contributed by atoms with E-state index < -0.39 is 0 Å². The van der Waals surface area contributed by atoms with Crippen LogP contribution in [-0.4, -0.2) is 24.1 Å². The normalized spacial score (nSPS) is 47.1. The van der Waals surface area contributed by atoms with Crippen molar-refractivity contribution in [1.29, 1.82) is 0 Å². The summed E-state index contributed by atoms with van der Waals surface area (Å²) < 4.78 is 0. The molecule has 1 N–H and O–H groups in total. The summed E-state index contributed by atoms with van der Waals surface area (Å²) in [6.07, 6.45) is 1.42. The van der Waals surface area contributed by atoms with Gasteiger partial charge in [-0.2, -0.15) is 11.8 Å². The highest BCUT2D eigenvalue weighted by Crippen LogP contribution is 2.32. The van der Waals surface area contributed by atoms with Crippen molar-refractivity contribution in [1.82, 2.24) is 5.32 Å². The lowest BCUT2D eigenvalue weighted by Gasteiger charge is -2.30.